The summed E-state index contributed by atoms with van der Waals surface area (Å²) in [4.78, 5) is 13.1. The molecule has 2 rings (SSSR count). The largest absolute Gasteiger partial charge is 0.478 e. The van der Waals surface area contributed by atoms with Gasteiger partial charge >= 0.3 is 5.97 Å². The van der Waals surface area contributed by atoms with Gasteiger partial charge in [-0.25, -0.2) is 9.63 Å². The molecule has 0 aliphatic rings. The number of carboxylic acids is 1. The third kappa shape index (κ3) is 3.92. The molecule has 8 heteroatoms. The fourth-order valence-electron chi connectivity index (χ4n) is 1.64. The Hall–Kier alpha value is -2.19. The van der Waals surface area contributed by atoms with Gasteiger partial charge < -0.3 is 5.11 Å². The van der Waals surface area contributed by atoms with Gasteiger partial charge in [0.15, 0.2) is 0 Å². The molecule has 2 N–H and O–H groups in total. The van der Waals surface area contributed by atoms with E-state index in [9.17, 15) is 13.2 Å². The van der Waals surface area contributed by atoms with E-state index in [1.165, 1.54) is 24.3 Å². The fourth-order valence-corrected chi connectivity index (χ4v) is 2.69. The summed E-state index contributed by atoms with van der Waals surface area (Å²) >= 11 is 3.22. The Kier molecular flexibility index (Phi) is 4.94. The number of benzene rings is 2. The topological polar surface area (TPSA) is 95.8 Å². The van der Waals surface area contributed by atoms with E-state index in [0.29, 0.717) is 5.56 Å². The predicted molar refractivity (Wildman–Crippen MR) is 85.5 cm³/mol. The highest BCUT2D eigenvalue weighted by Crippen LogP contribution is 2.14. The van der Waals surface area contributed by atoms with Crippen LogP contribution in [0.15, 0.2) is 63.0 Å². The molecule has 0 spiro atoms. The number of hydrogen-bond donors (Lipinski definition) is 2. The maximum atomic E-state index is 12.0. The number of aromatic carboxylic acids is 1. The van der Waals surface area contributed by atoms with Crippen LogP contribution in [-0.2, 0) is 10.0 Å². The maximum absolute atomic E-state index is 12.0. The zero-order valence-electron chi connectivity index (χ0n) is 11.1. The van der Waals surface area contributed by atoms with Crippen molar-refractivity contribution < 1.29 is 18.3 Å². The summed E-state index contributed by atoms with van der Waals surface area (Å²) in [5, 5.41) is 12.6. The van der Waals surface area contributed by atoms with Crippen LogP contribution in [0.4, 0.5) is 0 Å². The van der Waals surface area contributed by atoms with Crippen LogP contribution in [0.25, 0.3) is 0 Å². The number of hydrazone groups is 1. The number of rotatable bonds is 5. The lowest BCUT2D eigenvalue weighted by Gasteiger charge is -2.04. The Labute approximate surface area is 135 Å². The molecule has 114 valence electrons. The molecular formula is C14H11BrN2O4S. The normalized spacial score (nSPS) is 11.5. The van der Waals surface area contributed by atoms with E-state index in [2.05, 4.69) is 21.0 Å². The van der Waals surface area contributed by atoms with E-state index in [4.69, 9.17) is 5.11 Å². The summed E-state index contributed by atoms with van der Waals surface area (Å²) in [5.41, 5.74) is 0.336. The van der Waals surface area contributed by atoms with Gasteiger partial charge in [-0.1, -0.05) is 34.1 Å². The van der Waals surface area contributed by atoms with Gasteiger partial charge in [0.1, 0.15) is 0 Å². The quantitative estimate of drug-likeness (QED) is 0.613. The van der Waals surface area contributed by atoms with Crippen molar-refractivity contribution in [1.82, 2.24) is 4.83 Å². The number of carbonyl (C=O) groups is 1. The van der Waals surface area contributed by atoms with E-state index in [1.807, 2.05) is 4.83 Å². The number of nitrogens with one attached hydrogen (secondary N) is 1. The Morgan fingerprint density at radius 2 is 1.77 bits per heavy atom. The van der Waals surface area contributed by atoms with Crippen molar-refractivity contribution in [2.75, 3.05) is 0 Å². The van der Waals surface area contributed by atoms with Crippen LogP contribution >= 0.6 is 15.9 Å². The molecule has 0 saturated heterocycles. The highest BCUT2D eigenvalue weighted by Gasteiger charge is 2.12. The zero-order chi connectivity index (χ0) is 16.2. The fraction of sp³-hybridized carbons (Fsp3) is 0. The molecule has 0 saturated carbocycles. The number of nitrogens with zero attached hydrogens (tertiary/aromatic N) is 1. The molecular weight excluding hydrogens is 372 g/mol. The molecule has 0 aliphatic carbocycles. The molecule has 0 bridgehead atoms. The minimum atomic E-state index is -3.80. The Bertz CT molecular complexity index is 817. The number of carboxylic acid groups (broad SMARTS) is 1. The van der Waals surface area contributed by atoms with Crippen LogP contribution in [0.5, 0.6) is 0 Å². The van der Waals surface area contributed by atoms with Gasteiger partial charge in [-0.15, -0.1) is 0 Å². The lowest BCUT2D eigenvalue weighted by molar-refractivity contribution is 0.0696. The van der Waals surface area contributed by atoms with Crippen LogP contribution in [0.1, 0.15) is 15.9 Å². The van der Waals surface area contributed by atoms with Crippen LogP contribution in [0.3, 0.4) is 0 Å². The average molecular weight is 383 g/mol. The van der Waals surface area contributed by atoms with Crippen molar-refractivity contribution in [2.45, 2.75) is 4.90 Å². The minimum absolute atomic E-state index is 0.0362. The Balaban J connectivity index is 2.19. The maximum Gasteiger partial charge on any atom is 0.336 e. The smallest absolute Gasteiger partial charge is 0.336 e. The zero-order valence-corrected chi connectivity index (χ0v) is 13.5. The lowest BCUT2D eigenvalue weighted by atomic mass is 10.1. The highest BCUT2D eigenvalue weighted by molar-refractivity contribution is 9.10. The van der Waals surface area contributed by atoms with Crippen molar-refractivity contribution in [3.63, 3.8) is 0 Å². The summed E-state index contributed by atoms with van der Waals surface area (Å²) in [6, 6.07) is 12.2. The van der Waals surface area contributed by atoms with E-state index in [1.54, 1.807) is 24.3 Å². The molecule has 0 amide bonds. The first-order valence-corrected chi connectivity index (χ1v) is 8.30. The van der Waals surface area contributed by atoms with Crippen LogP contribution in [0.2, 0.25) is 0 Å². The molecule has 2 aromatic rings. The van der Waals surface area contributed by atoms with Gasteiger partial charge in [-0.05, 0) is 30.3 Å². The van der Waals surface area contributed by atoms with E-state index < -0.39 is 16.0 Å². The second-order valence-corrected chi connectivity index (χ2v) is 6.78. The van der Waals surface area contributed by atoms with E-state index in [0.717, 1.165) is 10.7 Å². The Morgan fingerprint density at radius 1 is 1.14 bits per heavy atom. The predicted octanol–water partition coefficient (Wildman–Crippen LogP) is 2.46. The molecule has 0 heterocycles. The van der Waals surface area contributed by atoms with Crippen LogP contribution in [-0.4, -0.2) is 25.7 Å². The third-order valence-corrected chi connectivity index (χ3v) is 4.46. The number of halogens is 1. The highest BCUT2D eigenvalue weighted by atomic mass is 79.9. The molecule has 0 aliphatic heterocycles. The summed E-state index contributed by atoms with van der Waals surface area (Å²) < 4.78 is 24.7. The summed E-state index contributed by atoms with van der Waals surface area (Å²) in [5.74, 6) is -1.11. The monoisotopic (exact) mass is 382 g/mol. The minimum Gasteiger partial charge on any atom is -0.478 e. The van der Waals surface area contributed by atoms with Gasteiger partial charge in [0.2, 0.25) is 0 Å². The molecule has 2 aromatic carbocycles. The first kappa shape index (κ1) is 16.2. The standard InChI is InChI=1S/C14H11BrN2O4S/c15-11-5-7-12(8-6-11)22(20,21)17-16-9-10-3-1-2-4-13(10)14(18)19/h1-9,17H,(H,18,19)/b16-9-. The van der Waals surface area contributed by atoms with Crippen molar-refractivity contribution in [1.29, 1.82) is 0 Å². The average Bonchev–Trinajstić information content (AvgIpc) is 2.48. The molecule has 0 radical (unpaired) electrons. The Morgan fingerprint density at radius 3 is 2.41 bits per heavy atom. The second-order valence-electron chi connectivity index (χ2n) is 4.20. The van der Waals surface area contributed by atoms with Gasteiger partial charge in [-0.3, -0.25) is 0 Å². The number of hydrogen-bond acceptors (Lipinski definition) is 4. The molecule has 22 heavy (non-hydrogen) atoms. The SMILES string of the molecule is O=C(O)c1ccccc1/C=N\NS(=O)(=O)c1ccc(Br)cc1. The van der Waals surface area contributed by atoms with Crippen molar-refractivity contribution in [3.8, 4) is 0 Å². The third-order valence-electron chi connectivity index (χ3n) is 2.69. The molecule has 0 aromatic heterocycles. The van der Waals surface area contributed by atoms with Gasteiger partial charge in [-0.2, -0.15) is 13.5 Å². The summed E-state index contributed by atoms with van der Waals surface area (Å²) in [6.07, 6.45) is 1.15. The van der Waals surface area contributed by atoms with Crippen LogP contribution < -0.4 is 4.83 Å². The first-order valence-electron chi connectivity index (χ1n) is 6.03. The number of sulfonamides is 1. The molecule has 6 nitrogen and oxygen atoms in total. The van der Waals surface area contributed by atoms with Crippen molar-refractivity contribution >= 4 is 38.1 Å². The van der Waals surface area contributed by atoms with Gasteiger partial charge in [0.05, 0.1) is 16.7 Å². The van der Waals surface area contributed by atoms with Crippen molar-refractivity contribution in [3.05, 3.63) is 64.1 Å². The molecule has 0 fully saturated rings. The van der Waals surface area contributed by atoms with E-state index in [-0.39, 0.29) is 10.5 Å². The summed E-state index contributed by atoms with van der Waals surface area (Å²) in [6.45, 7) is 0. The lowest BCUT2D eigenvalue weighted by Crippen LogP contribution is -2.18. The first-order chi connectivity index (χ1) is 10.4. The van der Waals surface area contributed by atoms with Crippen molar-refractivity contribution in [2.24, 2.45) is 5.10 Å². The van der Waals surface area contributed by atoms with Crippen LogP contribution in [0, 0.1) is 0 Å². The second kappa shape index (κ2) is 6.71. The van der Waals surface area contributed by atoms with Gasteiger partial charge in [0.25, 0.3) is 10.0 Å². The van der Waals surface area contributed by atoms with Gasteiger partial charge in [0, 0.05) is 10.0 Å². The molecule has 0 unspecified atom stereocenters. The summed E-state index contributed by atoms with van der Waals surface area (Å²) in [7, 11) is -3.80. The molecule has 0 atom stereocenters. The van der Waals surface area contributed by atoms with E-state index >= 15 is 0 Å².